The van der Waals surface area contributed by atoms with E-state index in [1.807, 2.05) is 16.2 Å². The van der Waals surface area contributed by atoms with Gasteiger partial charge in [-0.2, -0.15) is 0 Å². The first kappa shape index (κ1) is 21.9. The van der Waals surface area contributed by atoms with Crippen molar-refractivity contribution in [1.29, 1.82) is 0 Å². The first-order chi connectivity index (χ1) is 14.8. The lowest BCUT2D eigenvalue weighted by Crippen LogP contribution is -2.37. The average Bonchev–Trinajstić information content (AvgIpc) is 3.26. The van der Waals surface area contributed by atoms with Gasteiger partial charge in [0.1, 0.15) is 0 Å². The van der Waals surface area contributed by atoms with E-state index in [0.29, 0.717) is 17.9 Å². The molecule has 1 aliphatic heterocycles. The zero-order valence-corrected chi connectivity index (χ0v) is 19.8. The predicted molar refractivity (Wildman–Crippen MR) is 127 cm³/mol. The van der Waals surface area contributed by atoms with Crippen molar-refractivity contribution in [2.24, 2.45) is 0 Å². The number of hydrogen-bond acceptors (Lipinski definition) is 5. The zero-order chi connectivity index (χ0) is 22.2. The second-order valence-electron chi connectivity index (χ2n) is 8.25. The molecule has 0 saturated carbocycles. The summed E-state index contributed by atoms with van der Waals surface area (Å²) in [6.45, 7) is 7.37. The lowest BCUT2D eigenvalue weighted by atomic mass is 10.1. The molecule has 0 spiro atoms. The van der Waals surface area contributed by atoms with Crippen LogP contribution in [0.4, 0.5) is 0 Å². The number of aryl methyl sites for hydroxylation is 2. The van der Waals surface area contributed by atoms with E-state index in [-0.39, 0.29) is 17.5 Å². The van der Waals surface area contributed by atoms with E-state index in [2.05, 4.69) is 67.3 Å². The van der Waals surface area contributed by atoms with Crippen LogP contribution in [0.3, 0.4) is 0 Å². The normalized spacial score (nSPS) is 18.0. The van der Waals surface area contributed by atoms with Crippen molar-refractivity contribution in [2.75, 3.05) is 18.1 Å². The van der Waals surface area contributed by atoms with Gasteiger partial charge in [-0.1, -0.05) is 54.4 Å². The first-order valence-corrected chi connectivity index (χ1v) is 12.8. The third kappa shape index (κ3) is 4.66. The summed E-state index contributed by atoms with van der Waals surface area (Å²) in [6, 6.07) is 16.5. The lowest BCUT2D eigenvalue weighted by molar-refractivity contribution is 0.164. The van der Waals surface area contributed by atoms with Gasteiger partial charge in [-0.25, -0.2) is 13.1 Å². The Balaban J connectivity index is 1.76. The molecule has 1 fully saturated rings. The number of rotatable bonds is 6. The summed E-state index contributed by atoms with van der Waals surface area (Å²) in [5.41, 5.74) is 4.31. The molecule has 0 aliphatic carbocycles. The van der Waals surface area contributed by atoms with Crippen LogP contribution in [0.25, 0.3) is 17.1 Å². The molecule has 2 aromatic carbocycles. The van der Waals surface area contributed by atoms with Crippen molar-refractivity contribution in [2.45, 2.75) is 39.9 Å². The lowest BCUT2D eigenvalue weighted by Gasteiger charge is -2.26. The Kier molecular flexibility index (Phi) is 6.14. The van der Waals surface area contributed by atoms with Gasteiger partial charge in [0.05, 0.1) is 18.2 Å². The molecule has 3 aromatic rings. The van der Waals surface area contributed by atoms with Gasteiger partial charge in [-0.3, -0.25) is 9.47 Å². The minimum absolute atomic E-state index is 0.00393. The molecule has 1 aliphatic rings. The highest BCUT2D eigenvalue weighted by Crippen LogP contribution is 2.25. The van der Waals surface area contributed by atoms with Gasteiger partial charge in [-0.15, -0.1) is 5.10 Å². The van der Waals surface area contributed by atoms with Crippen LogP contribution in [-0.2, 0) is 16.5 Å². The molecule has 0 unspecified atom stereocenters. The maximum Gasteiger partial charge on any atom is 0.204 e. The maximum atomic E-state index is 12.0. The van der Waals surface area contributed by atoms with E-state index in [0.717, 1.165) is 23.6 Å². The first-order valence-electron chi connectivity index (χ1n) is 10.6. The van der Waals surface area contributed by atoms with Crippen molar-refractivity contribution in [3.05, 3.63) is 64.4 Å². The van der Waals surface area contributed by atoms with Crippen molar-refractivity contribution in [3.8, 4) is 17.1 Å². The highest BCUT2D eigenvalue weighted by Gasteiger charge is 2.32. The molecular weight excluding hydrogens is 428 g/mol. The van der Waals surface area contributed by atoms with E-state index in [1.54, 1.807) is 0 Å². The van der Waals surface area contributed by atoms with Crippen molar-refractivity contribution in [3.63, 3.8) is 0 Å². The van der Waals surface area contributed by atoms with Crippen LogP contribution in [0.5, 0.6) is 0 Å². The minimum Gasteiger partial charge on any atom is -0.281 e. The number of nitrogens with zero attached hydrogens (tertiary/aromatic N) is 4. The van der Waals surface area contributed by atoms with E-state index in [1.165, 1.54) is 11.1 Å². The van der Waals surface area contributed by atoms with Crippen LogP contribution in [0.1, 0.15) is 24.5 Å². The smallest absolute Gasteiger partial charge is 0.204 e. The monoisotopic (exact) mass is 456 g/mol. The molecule has 0 radical (unpaired) electrons. The fraction of sp³-hybridized carbons (Fsp3) is 0.391. The van der Waals surface area contributed by atoms with Crippen LogP contribution in [0.2, 0.25) is 0 Å². The van der Waals surface area contributed by atoms with Gasteiger partial charge in [0.15, 0.2) is 15.7 Å². The molecule has 0 bridgehead atoms. The van der Waals surface area contributed by atoms with Crippen LogP contribution in [0.15, 0.2) is 48.5 Å². The number of sulfone groups is 1. The Labute approximate surface area is 189 Å². The molecule has 164 valence electrons. The van der Waals surface area contributed by atoms with E-state index >= 15 is 0 Å². The second-order valence-corrected chi connectivity index (χ2v) is 10.8. The molecule has 1 atom stereocenters. The minimum atomic E-state index is -2.95. The molecule has 0 amide bonds. The fourth-order valence-electron chi connectivity index (χ4n) is 4.03. The summed E-state index contributed by atoms with van der Waals surface area (Å²) < 4.78 is 28.4. The summed E-state index contributed by atoms with van der Waals surface area (Å²) in [5, 5.41) is 4.89. The van der Waals surface area contributed by atoms with Gasteiger partial charge in [-0.05, 0) is 51.2 Å². The average molecular weight is 457 g/mol. The molecule has 8 heteroatoms. The molecule has 31 heavy (non-hydrogen) atoms. The SMILES string of the molecule is CCN(Cn1nc(-c2ccc(C)cc2)n(-c2ccc(C)cc2)c1=S)[C@@H]1CCS(=O)(=O)C1. The Hall–Kier alpha value is -2.29. The van der Waals surface area contributed by atoms with Crippen LogP contribution < -0.4 is 0 Å². The Bertz CT molecular complexity index is 1230. The van der Waals surface area contributed by atoms with Gasteiger partial charge in [0.25, 0.3) is 0 Å². The summed E-state index contributed by atoms with van der Waals surface area (Å²) in [7, 11) is -2.95. The quantitative estimate of drug-likeness (QED) is 0.522. The summed E-state index contributed by atoms with van der Waals surface area (Å²) in [6.07, 6.45) is 0.660. The van der Waals surface area contributed by atoms with Gasteiger partial charge >= 0.3 is 0 Å². The van der Waals surface area contributed by atoms with Crippen LogP contribution in [0, 0.1) is 18.6 Å². The Morgan fingerprint density at radius 1 is 1.06 bits per heavy atom. The molecule has 4 rings (SSSR count). The van der Waals surface area contributed by atoms with Gasteiger partial charge < -0.3 is 0 Å². The van der Waals surface area contributed by atoms with Gasteiger partial charge in [0, 0.05) is 17.3 Å². The summed E-state index contributed by atoms with van der Waals surface area (Å²) in [4.78, 5) is 2.16. The van der Waals surface area contributed by atoms with Crippen molar-refractivity contribution >= 4 is 22.1 Å². The molecule has 6 nitrogen and oxygen atoms in total. The van der Waals surface area contributed by atoms with Crippen LogP contribution in [-0.4, -0.2) is 51.8 Å². The van der Waals surface area contributed by atoms with Crippen molar-refractivity contribution in [1.82, 2.24) is 19.2 Å². The third-order valence-electron chi connectivity index (χ3n) is 5.89. The number of aromatic nitrogens is 3. The highest BCUT2D eigenvalue weighted by atomic mass is 32.2. The van der Waals surface area contributed by atoms with E-state index < -0.39 is 9.84 Å². The zero-order valence-electron chi connectivity index (χ0n) is 18.2. The standard InChI is InChI=1S/C23H28N4O2S2/c1-4-25(21-13-14-31(28,29)15-21)16-26-23(30)27(20-11-7-18(3)8-12-20)22(24-26)19-9-5-17(2)6-10-19/h5-12,21H,4,13-16H2,1-3H3/t21-/m1/s1. The Morgan fingerprint density at radius 2 is 1.68 bits per heavy atom. The summed E-state index contributed by atoms with van der Waals surface area (Å²) >= 11 is 5.86. The summed E-state index contributed by atoms with van der Waals surface area (Å²) in [5.74, 6) is 1.24. The largest absolute Gasteiger partial charge is 0.281 e. The van der Waals surface area contributed by atoms with Crippen LogP contribution >= 0.6 is 12.2 Å². The van der Waals surface area contributed by atoms with E-state index in [9.17, 15) is 8.42 Å². The molecule has 2 heterocycles. The topological polar surface area (TPSA) is 60.1 Å². The van der Waals surface area contributed by atoms with Crippen molar-refractivity contribution < 1.29 is 8.42 Å². The van der Waals surface area contributed by atoms with E-state index in [4.69, 9.17) is 17.3 Å². The highest BCUT2D eigenvalue weighted by molar-refractivity contribution is 7.91. The molecule has 1 aromatic heterocycles. The molecular formula is C23H28N4O2S2. The number of hydrogen-bond donors (Lipinski definition) is 0. The molecule has 0 N–H and O–H groups in total. The fourth-order valence-corrected chi connectivity index (χ4v) is 6.08. The Morgan fingerprint density at radius 3 is 2.23 bits per heavy atom. The maximum absolute atomic E-state index is 12.0. The second kappa shape index (κ2) is 8.68. The number of benzene rings is 2. The third-order valence-corrected chi connectivity index (χ3v) is 8.03. The predicted octanol–water partition coefficient (Wildman–Crippen LogP) is 4.15. The molecule has 1 saturated heterocycles. The van der Waals surface area contributed by atoms with Gasteiger partial charge in [0.2, 0.25) is 4.77 Å².